The van der Waals surface area contributed by atoms with E-state index in [1.165, 1.54) is 22.8 Å². The summed E-state index contributed by atoms with van der Waals surface area (Å²) in [5, 5.41) is 3.01. The van der Waals surface area contributed by atoms with Crippen LogP contribution in [0, 0.1) is 0 Å². The van der Waals surface area contributed by atoms with Crippen LogP contribution in [0.3, 0.4) is 0 Å². The molecule has 2 rings (SSSR count). The molecule has 0 aliphatic carbocycles. The highest BCUT2D eigenvalue weighted by molar-refractivity contribution is 7.89. The van der Waals surface area contributed by atoms with E-state index in [1.807, 2.05) is 0 Å². The minimum Gasteiger partial charge on any atom is -0.465 e. The molecule has 0 amide bonds. The number of esters is 1. The summed E-state index contributed by atoms with van der Waals surface area (Å²) in [6.07, 6.45) is 2.78. The second-order valence-electron chi connectivity index (χ2n) is 4.28. The largest absolute Gasteiger partial charge is 0.465 e. The lowest BCUT2D eigenvalue weighted by atomic mass is 10.2. The number of nitrogens with one attached hydrogen (secondary N) is 1. The van der Waals surface area contributed by atoms with E-state index in [-0.39, 0.29) is 24.6 Å². The number of carbonyl (C=O) groups is 1. The Hall–Kier alpha value is -1.51. The molecule has 1 unspecified atom stereocenters. The highest BCUT2D eigenvalue weighted by atomic mass is 32.2. The third-order valence-electron chi connectivity index (χ3n) is 2.99. The first-order valence-corrected chi connectivity index (χ1v) is 7.80. The van der Waals surface area contributed by atoms with Crippen LogP contribution in [0.25, 0.3) is 0 Å². The van der Waals surface area contributed by atoms with Gasteiger partial charge in [-0.1, -0.05) is 0 Å². The fourth-order valence-electron chi connectivity index (χ4n) is 2.05. The fourth-order valence-corrected chi connectivity index (χ4v) is 3.59. The van der Waals surface area contributed by atoms with Crippen molar-refractivity contribution in [1.82, 2.24) is 14.6 Å². The summed E-state index contributed by atoms with van der Waals surface area (Å²) in [4.78, 5) is 15.8. The maximum atomic E-state index is 12.6. The zero-order valence-corrected chi connectivity index (χ0v) is 12.0. The number of pyridine rings is 1. The van der Waals surface area contributed by atoms with Crippen LogP contribution in [-0.4, -0.2) is 56.0 Å². The van der Waals surface area contributed by atoms with Crippen LogP contribution in [-0.2, 0) is 19.6 Å². The van der Waals surface area contributed by atoms with E-state index in [1.54, 1.807) is 13.0 Å². The smallest absolute Gasteiger partial charge is 0.325 e. The fraction of sp³-hybridized carbons (Fsp3) is 0.500. The molecule has 1 aliphatic heterocycles. The van der Waals surface area contributed by atoms with Crippen LogP contribution < -0.4 is 5.32 Å². The normalized spacial score (nSPS) is 20.6. The molecule has 2 heterocycles. The summed E-state index contributed by atoms with van der Waals surface area (Å²) >= 11 is 0. The zero-order valence-electron chi connectivity index (χ0n) is 11.2. The van der Waals surface area contributed by atoms with Crippen molar-refractivity contribution in [2.24, 2.45) is 0 Å². The number of sulfonamides is 1. The van der Waals surface area contributed by atoms with Gasteiger partial charge >= 0.3 is 5.97 Å². The average Bonchev–Trinajstić information content (AvgIpc) is 2.48. The molecule has 1 N–H and O–H groups in total. The summed E-state index contributed by atoms with van der Waals surface area (Å²) in [7, 11) is -3.74. The van der Waals surface area contributed by atoms with E-state index >= 15 is 0 Å². The average molecular weight is 299 g/mol. The van der Waals surface area contributed by atoms with Crippen molar-refractivity contribution in [2.45, 2.75) is 17.9 Å². The van der Waals surface area contributed by atoms with Crippen LogP contribution >= 0.6 is 0 Å². The maximum absolute atomic E-state index is 12.6. The Morgan fingerprint density at radius 2 is 2.40 bits per heavy atom. The molecule has 0 radical (unpaired) electrons. The van der Waals surface area contributed by atoms with Gasteiger partial charge in [-0.05, 0) is 19.1 Å². The molecule has 0 saturated carbocycles. The molecule has 8 heteroatoms. The van der Waals surface area contributed by atoms with Crippen LogP contribution in [0.5, 0.6) is 0 Å². The van der Waals surface area contributed by atoms with Crippen molar-refractivity contribution < 1.29 is 17.9 Å². The summed E-state index contributed by atoms with van der Waals surface area (Å²) in [6, 6.07) is 2.18. The first kappa shape index (κ1) is 14.9. The zero-order chi connectivity index (χ0) is 14.6. The Kier molecular flexibility index (Phi) is 4.69. The van der Waals surface area contributed by atoms with Gasteiger partial charge in [0.2, 0.25) is 10.0 Å². The lowest BCUT2D eigenvalue weighted by Crippen LogP contribution is -2.57. The SMILES string of the molecule is CCOC(=O)C1CNCCN1S(=O)(=O)c1cccnc1. The predicted octanol–water partition coefficient (Wildman–Crippen LogP) is -0.393. The van der Waals surface area contributed by atoms with E-state index in [4.69, 9.17) is 4.74 Å². The van der Waals surface area contributed by atoms with Crippen molar-refractivity contribution in [3.8, 4) is 0 Å². The quantitative estimate of drug-likeness (QED) is 0.762. The van der Waals surface area contributed by atoms with Gasteiger partial charge in [-0.25, -0.2) is 8.42 Å². The molecule has 1 atom stereocenters. The van der Waals surface area contributed by atoms with Crippen molar-refractivity contribution in [1.29, 1.82) is 0 Å². The highest BCUT2D eigenvalue weighted by Gasteiger charge is 2.38. The van der Waals surface area contributed by atoms with E-state index in [2.05, 4.69) is 10.3 Å². The number of hydrogen-bond donors (Lipinski definition) is 1. The number of rotatable bonds is 4. The van der Waals surface area contributed by atoms with Gasteiger partial charge in [0.05, 0.1) is 6.61 Å². The molecule has 20 heavy (non-hydrogen) atoms. The van der Waals surface area contributed by atoms with Gasteiger partial charge < -0.3 is 10.1 Å². The lowest BCUT2D eigenvalue weighted by Gasteiger charge is -2.33. The number of carbonyl (C=O) groups excluding carboxylic acids is 1. The van der Waals surface area contributed by atoms with Gasteiger partial charge in [-0.15, -0.1) is 0 Å². The van der Waals surface area contributed by atoms with Crippen molar-refractivity contribution in [3.63, 3.8) is 0 Å². The highest BCUT2D eigenvalue weighted by Crippen LogP contribution is 2.19. The minimum atomic E-state index is -3.74. The molecule has 1 aromatic heterocycles. The lowest BCUT2D eigenvalue weighted by molar-refractivity contribution is -0.148. The van der Waals surface area contributed by atoms with E-state index in [0.29, 0.717) is 6.54 Å². The topological polar surface area (TPSA) is 88.6 Å². The van der Waals surface area contributed by atoms with E-state index in [0.717, 1.165) is 0 Å². The third-order valence-corrected chi connectivity index (χ3v) is 4.89. The molecule has 0 spiro atoms. The monoisotopic (exact) mass is 299 g/mol. The van der Waals surface area contributed by atoms with E-state index in [9.17, 15) is 13.2 Å². The first-order valence-electron chi connectivity index (χ1n) is 6.36. The Morgan fingerprint density at radius 3 is 3.05 bits per heavy atom. The van der Waals surface area contributed by atoms with Gasteiger partial charge in [-0.3, -0.25) is 9.78 Å². The molecule has 0 aromatic carbocycles. The summed E-state index contributed by atoms with van der Waals surface area (Å²) in [5.41, 5.74) is 0. The minimum absolute atomic E-state index is 0.0798. The molecule has 0 bridgehead atoms. The predicted molar refractivity (Wildman–Crippen MR) is 71.4 cm³/mol. The number of aromatic nitrogens is 1. The third kappa shape index (κ3) is 2.97. The Bertz CT molecular complexity index is 561. The number of piperazine rings is 1. The van der Waals surface area contributed by atoms with Crippen LogP contribution in [0.2, 0.25) is 0 Å². The molecule has 7 nitrogen and oxygen atoms in total. The molecular formula is C12H17N3O4S. The molecule has 1 aliphatic rings. The van der Waals surface area contributed by atoms with Gasteiger partial charge in [0.25, 0.3) is 0 Å². The van der Waals surface area contributed by atoms with Crippen LogP contribution in [0.15, 0.2) is 29.4 Å². The molecule has 1 aromatic rings. The number of ether oxygens (including phenoxy) is 1. The van der Waals surface area contributed by atoms with Gasteiger partial charge in [0, 0.05) is 32.0 Å². The van der Waals surface area contributed by atoms with Crippen LogP contribution in [0.1, 0.15) is 6.92 Å². The molecule has 110 valence electrons. The van der Waals surface area contributed by atoms with Gasteiger partial charge in [0.15, 0.2) is 0 Å². The Morgan fingerprint density at radius 1 is 1.60 bits per heavy atom. The van der Waals surface area contributed by atoms with Crippen molar-refractivity contribution in [2.75, 3.05) is 26.2 Å². The Balaban J connectivity index is 2.30. The van der Waals surface area contributed by atoms with Crippen molar-refractivity contribution >= 4 is 16.0 Å². The Labute approximate surface area is 118 Å². The number of nitrogens with zero attached hydrogens (tertiary/aromatic N) is 2. The standard InChI is InChI=1S/C12H17N3O4S/c1-2-19-12(16)11-9-14-6-7-15(11)20(17,18)10-4-3-5-13-8-10/h3-5,8,11,14H,2,6-7,9H2,1H3. The van der Waals surface area contributed by atoms with Crippen molar-refractivity contribution in [3.05, 3.63) is 24.5 Å². The summed E-state index contributed by atoms with van der Waals surface area (Å²) < 4.78 is 31.2. The number of hydrogen-bond acceptors (Lipinski definition) is 6. The molecule has 1 fully saturated rings. The van der Waals surface area contributed by atoms with Crippen LogP contribution in [0.4, 0.5) is 0 Å². The second-order valence-corrected chi connectivity index (χ2v) is 6.17. The van der Waals surface area contributed by atoms with Gasteiger partial charge in [0.1, 0.15) is 10.9 Å². The second kappa shape index (κ2) is 6.29. The first-order chi connectivity index (χ1) is 9.57. The molecule has 1 saturated heterocycles. The maximum Gasteiger partial charge on any atom is 0.325 e. The molecular weight excluding hydrogens is 282 g/mol. The van der Waals surface area contributed by atoms with Gasteiger partial charge in [-0.2, -0.15) is 4.31 Å². The summed E-state index contributed by atoms with van der Waals surface area (Å²) in [6.45, 7) is 2.87. The summed E-state index contributed by atoms with van der Waals surface area (Å²) in [5.74, 6) is -0.535. The van der Waals surface area contributed by atoms with E-state index < -0.39 is 22.0 Å².